The van der Waals surface area contributed by atoms with E-state index in [0.717, 1.165) is 49.2 Å². The molecule has 5 rings (SSSR count). The summed E-state index contributed by atoms with van der Waals surface area (Å²) in [4.78, 5) is 35.2. The van der Waals surface area contributed by atoms with Gasteiger partial charge in [-0.1, -0.05) is 6.92 Å². The molecule has 3 aromatic heterocycles. The highest BCUT2D eigenvalue weighted by Crippen LogP contribution is 2.22. The highest BCUT2D eigenvalue weighted by Gasteiger charge is 2.26. The van der Waals surface area contributed by atoms with Gasteiger partial charge in [-0.3, -0.25) is 14.5 Å². The summed E-state index contributed by atoms with van der Waals surface area (Å²) in [5.41, 5.74) is 3.21. The van der Waals surface area contributed by atoms with Gasteiger partial charge < -0.3 is 19.6 Å². The summed E-state index contributed by atoms with van der Waals surface area (Å²) in [6.07, 6.45) is 6.59. The van der Waals surface area contributed by atoms with Crippen molar-refractivity contribution in [2.45, 2.75) is 38.8 Å². The van der Waals surface area contributed by atoms with Crippen LogP contribution in [0.25, 0.3) is 5.65 Å². The lowest BCUT2D eigenvalue weighted by Crippen LogP contribution is -2.46. The van der Waals surface area contributed by atoms with Crippen LogP contribution in [0.3, 0.4) is 0 Å². The van der Waals surface area contributed by atoms with E-state index in [1.807, 2.05) is 34.7 Å². The van der Waals surface area contributed by atoms with Gasteiger partial charge in [-0.15, -0.1) is 0 Å². The summed E-state index contributed by atoms with van der Waals surface area (Å²) in [5.74, 6) is -0.911. The predicted molar refractivity (Wildman–Crippen MR) is 120 cm³/mol. The molecule has 0 unspecified atom stereocenters. The molecule has 9 heteroatoms. The quantitative estimate of drug-likeness (QED) is 0.575. The molecule has 2 fully saturated rings. The van der Waals surface area contributed by atoms with E-state index in [9.17, 15) is 14.0 Å². The van der Waals surface area contributed by atoms with Gasteiger partial charge in [0.2, 0.25) is 5.95 Å². The first-order valence-electron chi connectivity index (χ1n) is 11.2. The van der Waals surface area contributed by atoms with E-state index >= 15 is 0 Å². The monoisotopic (exact) mass is 438 g/mol. The molecule has 1 saturated carbocycles. The molecule has 1 aliphatic heterocycles. The molecule has 168 valence electrons. The van der Waals surface area contributed by atoms with Crippen LogP contribution in [0.15, 0.2) is 35.4 Å². The maximum absolute atomic E-state index is 14.6. The number of rotatable bonds is 6. The lowest BCUT2D eigenvalue weighted by Gasteiger charge is -2.35. The number of nitrogens with zero attached hydrogens (tertiary/aromatic N) is 4. The Morgan fingerprint density at radius 2 is 2.00 bits per heavy atom. The van der Waals surface area contributed by atoms with E-state index in [2.05, 4.69) is 20.2 Å². The first-order chi connectivity index (χ1) is 15.5. The molecule has 0 atom stereocenters. The second-order valence-corrected chi connectivity index (χ2v) is 8.62. The highest BCUT2D eigenvalue weighted by molar-refractivity contribution is 5.92. The van der Waals surface area contributed by atoms with Crippen molar-refractivity contribution in [3.8, 4) is 0 Å². The number of anilines is 1. The molecule has 0 radical (unpaired) electrons. The van der Waals surface area contributed by atoms with E-state index in [1.54, 1.807) is 12.1 Å². The Bertz CT molecular complexity index is 1210. The molecular formula is C23H27FN6O2. The molecule has 0 spiro atoms. The maximum Gasteiger partial charge on any atom is 0.270 e. The van der Waals surface area contributed by atoms with E-state index in [1.165, 1.54) is 0 Å². The molecular weight excluding hydrogens is 411 g/mol. The summed E-state index contributed by atoms with van der Waals surface area (Å²) >= 11 is 0. The Morgan fingerprint density at radius 1 is 1.22 bits per heavy atom. The Labute approximate surface area is 185 Å². The van der Waals surface area contributed by atoms with Gasteiger partial charge in [-0.2, -0.15) is 4.39 Å². The van der Waals surface area contributed by atoms with Gasteiger partial charge in [-0.25, -0.2) is 4.98 Å². The minimum absolute atomic E-state index is 0.0371. The summed E-state index contributed by atoms with van der Waals surface area (Å²) < 4.78 is 16.6. The van der Waals surface area contributed by atoms with Crippen LogP contribution in [-0.2, 0) is 13.0 Å². The van der Waals surface area contributed by atoms with Crippen LogP contribution in [0.4, 0.5) is 10.1 Å². The smallest absolute Gasteiger partial charge is 0.270 e. The standard InChI is InChI=1S/C23H27FN6O2/c1-2-16-14-30-13-15(11-20(30)27-22(16)31)12-28-7-9-29(10-8-28)19-6-5-18(26-21(19)24)23(32)25-17-3-4-17/h5-6,11,13-14,17H,2-4,7-10,12H2,1H3,(H,25,32)(H,27,31). The van der Waals surface area contributed by atoms with Crippen molar-refractivity contribution < 1.29 is 9.18 Å². The second kappa shape index (κ2) is 8.38. The molecule has 32 heavy (non-hydrogen) atoms. The van der Waals surface area contributed by atoms with Crippen molar-refractivity contribution in [3.05, 3.63) is 63.7 Å². The molecule has 4 heterocycles. The number of aryl methyl sites for hydroxylation is 1. The fraction of sp³-hybridized carbons (Fsp3) is 0.435. The number of pyridine rings is 1. The van der Waals surface area contributed by atoms with Crippen LogP contribution < -0.4 is 15.8 Å². The van der Waals surface area contributed by atoms with Crippen molar-refractivity contribution in [2.75, 3.05) is 31.1 Å². The average Bonchev–Trinajstić information content (AvgIpc) is 3.51. The van der Waals surface area contributed by atoms with Crippen LogP contribution in [0.1, 0.15) is 41.4 Å². The Hall–Kier alpha value is -3.20. The van der Waals surface area contributed by atoms with Gasteiger partial charge in [0.1, 0.15) is 11.3 Å². The molecule has 2 aliphatic rings. The van der Waals surface area contributed by atoms with Gasteiger partial charge in [-0.05, 0) is 43.0 Å². The Morgan fingerprint density at radius 3 is 2.69 bits per heavy atom. The third-order valence-corrected chi connectivity index (χ3v) is 6.21. The van der Waals surface area contributed by atoms with Crippen LogP contribution in [0.2, 0.25) is 0 Å². The number of hydrogen-bond acceptors (Lipinski definition) is 5. The zero-order chi connectivity index (χ0) is 22.2. The van der Waals surface area contributed by atoms with Gasteiger partial charge in [0.25, 0.3) is 11.5 Å². The molecule has 3 aromatic rings. The Kier molecular flexibility index (Phi) is 5.42. The van der Waals surface area contributed by atoms with Crippen molar-refractivity contribution in [1.82, 2.24) is 24.6 Å². The average molecular weight is 439 g/mol. The first-order valence-corrected chi connectivity index (χ1v) is 11.2. The number of hydrogen-bond donors (Lipinski definition) is 2. The van der Waals surface area contributed by atoms with Crippen molar-refractivity contribution >= 4 is 17.2 Å². The van der Waals surface area contributed by atoms with E-state index < -0.39 is 5.95 Å². The number of carbonyl (C=O) groups is 1. The molecule has 1 aliphatic carbocycles. The number of halogens is 1. The van der Waals surface area contributed by atoms with Crippen LogP contribution in [-0.4, -0.2) is 57.4 Å². The number of H-pyrrole nitrogens is 1. The summed E-state index contributed by atoms with van der Waals surface area (Å²) in [6, 6.07) is 5.47. The lowest BCUT2D eigenvalue weighted by atomic mass is 10.2. The number of aromatic nitrogens is 3. The summed E-state index contributed by atoms with van der Waals surface area (Å²) in [5, 5.41) is 2.83. The van der Waals surface area contributed by atoms with Crippen LogP contribution in [0, 0.1) is 5.95 Å². The minimum atomic E-state index is -0.601. The van der Waals surface area contributed by atoms with Gasteiger partial charge in [0, 0.05) is 56.7 Å². The first kappa shape index (κ1) is 20.7. The van der Waals surface area contributed by atoms with Crippen LogP contribution in [0.5, 0.6) is 0 Å². The van der Waals surface area contributed by atoms with Crippen molar-refractivity contribution in [1.29, 1.82) is 0 Å². The largest absolute Gasteiger partial charge is 0.365 e. The molecule has 0 bridgehead atoms. The summed E-state index contributed by atoms with van der Waals surface area (Å²) in [6.45, 7) is 5.65. The lowest BCUT2D eigenvalue weighted by molar-refractivity contribution is 0.0945. The maximum atomic E-state index is 14.6. The SMILES string of the molecule is CCc1cn2cc(CN3CCN(c4ccc(C(=O)NC5CC5)nc4F)CC3)cc2[nH]c1=O. The number of amides is 1. The third kappa shape index (κ3) is 4.25. The number of fused-ring (bicyclic) bond motifs is 1. The predicted octanol–water partition coefficient (Wildman–Crippen LogP) is 1.94. The molecule has 1 saturated heterocycles. The fourth-order valence-corrected chi connectivity index (χ4v) is 4.19. The minimum Gasteiger partial charge on any atom is -0.365 e. The second-order valence-electron chi connectivity index (χ2n) is 8.62. The number of nitrogens with one attached hydrogen (secondary N) is 2. The normalized spacial score (nSPS) is 17.1. The number of carbonyl (C=O) groups excluding carboxylic acids is 1. The fourth-order valence-electron chi connectivity index (χ4n) is 4.19. The van der Waals surface area contributed by atoms with E-state index in [-0.39, 0.29) is 23.2 Å². The van der Waals surface area contributed by atoms with Gasteiger partial charge >= 0.3 is 0 Å². The van der Waals surface area contributed by atoms with Gasteiger partial charge in [0.15, 0.2) is 0 Å². The summed E-state index contributed by atoms with van der Waals surface area (Å²) in [7, 11) is 0. The van der Waals surface area contributed by atoms with E-state index in [0.29, 0.717) is 25.2 Å². The van der Waals surface area contributed by atoms with E-state index in [4.69, 9.17) is 0 Å². The number of aromatic amines is 1. The molecule has 1 amide bonds. The Balaban J connectivity index is 1.21. The third-order valence-electron chi connectivity index (χ3n) is 6.21. The highest BCUT2D eigenvalue weighted by atomic mass is 19.1. The van der Waals surface area contributed by atoms with Crippen molar-refractivity contribution in [3.63, 3.8) is 0 Å². The van der Waals surface area contributed by atoms with Crippen molar-refractivity contribution in [2.24, 2.45) is 0 Å². The molecule has 0 aromatic carbocycles. The zero-order valence-electron chi connectivity index (χ0n) is 18.1. The van der Waals surface area contributed by atoms with Crippen LogP contribution >= 0.6 is 0 Å². The topological polar surface area (TPSA) is 85.7 Å². The molecule has 2 N–H and O–H groups in total. The van der Waals surface area contributed by atoms with Gasteiger partial charge in [0.05, 0.1) is 5.69 Å². The number of piperazine rings is 1. The zero-order valence-corrected chi connectivity index (χ0v) is 18.1. The molecule has 8 nitrogen and oxygen atoms in total.